The summed E-state index contributed by atoms with van der Waals surface area (Å²) in [5, 5.41) is 41.2. The minimum Gasteiger partial charge on any atom is -0.494 e. The molecule has 0 bridgehead atoms. The average Bonchev–Trinajstić information content (AvgIpc) is 2.81. The molecule has 0 aliphatic carbocycles. The minimum absolute atomic E-state index is 0.413. The van der Waals surface area contributed by atoms with E-state index in [4.69, 9.17) is 25.8 Å². The lowest BCUT2D eigenvalue weighted by atomic mass is 9.87. The zero-order valence-electron chi connectivity index (χ0n) is 18.3. The smallest absolute Gasteiger partial charge is 0.224 e. The lowest BCUT2D eigenvalue weighted by Crippen LogP contribution is -2.64. The highest BCUT2D eigenvalue weighted by Gasteiger charge is 2.55. The molecule has 1 heterocycles. The van der Waals surface area contributed by atoms with Gasteiger partial charge in [-0.2, -0.15) is 0 Å². The number of methoxy groups -OCH3 is 1. The van der Waals surface area contributed by atoms with Gasteiger partial charge in [-0.25, -0.2) is 0 Å². The van der Waals surface area contributed by atoms with Crippen LogP contribution in [0.15, 0.2) is 42.5 Å². The fourth-order valence-corrected chi connectivity index (χ4v) is 4.04. The zero-order chi connectivity index (χ0) is 23.3. The number of aliphatic hydroxyl groups is 4. The summed E-state index contributed by atoms with van der Waals surface area (Å²) in [6, 6.07) is 12.8. The van der Waals surface area contributed by atoms with Crippen LogP contribution in [0.25, 0.3) is 0 Å². The summed E-state index contributed by atoms with van der Waals surface area (Å²) in [5.41, 5.74) is 2.18. The Labute approximate surface area is 193 Å². The van der Waals surface area contributed by atoms with E-state index in [2.05, 4.69) is 6.92 Å². The van der Waals surface area contributed by atoms with Gasteiger partial charge in [0.25, 0.3) is 0 Å². The van der Waals surface area contributed by atoms with Crippen molar-refractivity contribution in [3.05, 3.63) is 64.2 Å². The van der Waals surface area contributed by atoms with Gasteiger partial charge in [0.2, 0.25) is 5.79 Å². The van der Waals surface area contributed by atoms with E-state index in [1.807, 2.05) is 24.3 Å². The molecular formula is C24H31ClO7. The molecular weight excluding hydrogens is 436 g/mol. The van der Waals surface area contributed by atoms with E-state index in [1.165, 1.54) is 7.11 Å². The van der Waals surface area contributed by atoms with Crippen LogP contribution in [-0.2, 0) is 21.7 Å². The van der Waals surface area contributed by atoms with Crippen LogP contribution in [-0.4, -0.2) is 65.2 Å². The number of hydrogen-bond donors (Lipinski definition) is 4. The fourth-order valence-electron chi connectivity index (χ4n) is 3.85. The van der Waals surface area contributed by atoms with Gasteiger partial charge >= 0.3 is 0 Å². The largest absolute Gasteiger partial charge is 0.494 e. The molecule has 0 saturated carbocycles. The summed E-state index contributed by atoms with van der Waals surface area (Å²) >= 11 is 6.44. The molecule has 4 N–H and O–H groups in total. The first-order valence-electron chi connectivity index (χ1n) is 10.7. The van der Waals surface area contributed by atoms with Crippen molar-refractivity contribution < 1.29 is 34.6 Å². The molecule has 0 aromatic heterocycles. The second kappa shape index (κ2) is 10.9. The third-order valence-corrected chi connectivity index (χ3v) is 6.15. The number of hydrogen-bond acceptors (Lipinski definition) is 7. The first-order chi connectivity index (χ1) is 15.4. The lowest BCUT2D eigenvalue weighted by molar-refractivity contribution is -0.366. The summed E-state index contributed by atoms with van der Waals surface area (Å²) in [4.78, 5) is 0. The molecule has 0 unspecified atom stereocenters. The van der Waals surface area contributed by atoms with Gasteiger partial charge in [-0.15, -0.1) is 0 Å². The second-order valence-electron chi connectivity index (χ2n) is 7.97. The summed E-state index contributed by atoms with van der Waals surface area (Å²) in [5.74, 6) is -0.968. The monoisotopic (exact) mass is 466 g/mol. The normalized spacial score (nSPS) is 28.0. The van der Waals surface area contributed by atoms with Gasteiger partial charge in [-0.3, -0.25) is 0 Å². The molecule has 1 fully saturated rings. The minimum atomic E-state index is -1.78. The van der Waals surface area contributed by atoms with Crippen molar-refractivity contribution in [1.82, 2.24) is 0 Å². The van der Waals surface area contributed by atoms with Crippen molar-refractivity contribution in [2.75, 3.05) is 20.3 Å². The van der Waals surface area contributed by atoms with Crippen LogP contribution in [0.2, 0.25) is 5.02 Å². The first kappa shape index (κ1) is 24.9. The Morgan fingerprint density at radius 3 is 2.41 bits per heavy atom. The van der Waals surface area contributed by atoms with Gasteiger partial charge in [0.05, 0.1) is 13.2 Å². The van der Waals surface area contributed by atoms with Crippen molar-refractivity contribution in [3.8, 4) is 5.75 Å². The van der Waals surface area contributed by atoms with Crippen LogP contribution < -0.4 is 4.74 Å². The maximum Gasteiger partial charge on any atom is 0.224 e. The highest BCUT2D eigenvalue weighted by molar-refractivity contribution is 6.31. The molecule has 2 aromatic rings. The van der Waals surface area contributed by atoms with Gasteiger partial charge in [-0.05, 0) is 48.2 Å². The van der Waals surface area contributed by atoms with Gasteiger partial charge in [0.1, 0.15) is 30.2 Å². The molecule has 1 aliphatic rings. The number of benzene rings is 2. The standard InChI is InChI=1S/C24H31ClO7/c1-3-4-11-31-18-8-5-15(6-9-18)12-16-13-17(7-10-19(16)25)24(30-2)23(29)22(28)21(27)20(14-26)32-24/h5-10,13,20-23,26-29H,3-4,11-12,14H2,1-2H3/t20-,21-,22+,23-,24+/m1/s1. The predicted octanol–water partition coefficient (Wildman–Crippen LogP) is 2.38. The quantitative estimate of drug-likeness (QED) is 0.420. The van der Waals surface area contributed by atoms with Crippen LogP contribution in [0, 0.1) is 0 Å². The Balaban J connectivity index is 1.86. The molecule has 0 radical (unpaired) electrons. The third-order valence-electron chi connectivity index (χ3n) is 5.79. The Kier molecular flexibility index (Phi) is 8.52. The van der Waals surface area contributed by atoms with Crippen LogP contribution in [0.5, 0.6) is 5.75 Å². The maximum absolute atomic E-state index is 10.7. The van der Waals surface area contributed by atoms with Crippen molar-refractivity contribution >= 4 is 11.6 Å². The molecule has 1 aliphatic heterocycles. The zero-order valence-corrected chi connectivity index (χ0v) is 19.0. The van der Waals surface area contributed by atoms with E-state index in [1.54, 1.807) is 18.2 Å². The topological polar surface area (TPSA) is 109 Å². The summed E-state index contributed by atoms with van der Waals surface area (Å²) in [6.45, 7) is 2.24. The van der Waals surface area contributed by atoms with Crippen molar-refractivity contribution in [2.24, 2.45) is 0 Å². The van der Waals surface area contributed by atoms with E-state index in [0.29, 0.717) is 23.6 Å². The Morgan fingerprint density at radius 2 is 1.78 bits per heavy atom. The van der Waals surface area contributed by atoms with E-state index in [-0.39, 0.29) is 0 Å². The maximum atomic E-state index is 10.7. The first-order valence-corrected chi connectivity index (χ1v) is 11.1. The SMILES string of the molecule is CCCCOc1ccc(Cc2cc([C@]3(OC)O[C@H](CO)[C@@H](O)[C@H](O)[C@H]3O)ccc2Cl)cc1. The number of unbranched alkanes of at least 4 members (excludes halogenated alkanes) is 1. The molecule has 5 atom stereocenters. The van der Waals surface area contributed by atoms with E-state index < -0.39 is 36.8 Å². The van der Waals surface area contributed by atoms with Gasteiger partial charge in [0.15, 0.2) is 0 Å². The Bertz CT molecular complexity index is 873. The molecule has 0 spiro atoms. The number of rotatable bonds is 9. The summed E-state index contributed by atoms with van der Waals surface area (Å²) < 4.78 is 17.0. The van der Waals surface area contributed by atoms with Crippen LogP contribution in [0.1, 0.15) is 36.5 Å². The van der Waals surface area contributed by atoms with E-state index in [0.717, 1.165) is 29.7 Å². The molecule has 32 heavy (non-hydrogen) atoms. The summed E-state index contributed by atoms with van der Waals surface area (Å²) in [6.07, 6.45) is -3.16. The average molecular weight is 467 g/mol. The van der Waals surface area contributed by atoms with E-state index in [9.17, 15) is 20.4 Å². The highest BCUT2D eigenvalue weighted by Crippen LogP contribution is 2.40. The molecule has 2 aromatic carbocycles. The second-order valence-corrected chi connectivity index (χ2v) is 8.37. The molecule has 0 amide bonds. The van der Waals surface area contributed by atoms with Gasteiger partial charge in [0, 0.05) is 17.7 Å². The van der Waals surface area contributed by atoms with Crippen LogP contribution in [0.4, 0.5) is 0 Å². The predicted molar refractivity (Wildman–Crippen MR) is 120 cm³/mol. The lowest BCUT2D eigenvalue weighted by Gasteiger charge is -2.47. The van der Waals surface area contributed by atoms with Crippen LogP contribution in [0.3, 0.4) is 0 Å². The Morgan fingerprint density at radius 1 is 1.06 bits per heavy atom. The number of ether oxygens (including phenoxy) is 3. The molecule has 3 rings (SSSR count). The summed E-state index contributed by atoms with van der Waals surface area (Å²) in [7, 11) is 1.33. The third kappa shape index (κ3) is 5.10. The van der Waals surface area contributed by atoms with Crippen LogP contribution >= 0.6 is 11.6 Å². The molecule has 8 heteroatoms. The number of halogens is 1. The van der Waals surface area contributed by atoms with Crippen molar-refractivity contribution in [1.29, 1.82) is 0 Å². The molecule has 1 saturated heterocycles. The highest BCUT2D eigenvalue weighted by atomic mass is 35.5. The van der Waals surface area contributed by atoms with Gasteiger partial charge < -0.3 is 34.6 Å². The number of aliphatic hydroxyl groups excluding tert-OH is 4. The molecule has 7 nitrogen and oxygen atoms in total. The van der Waals surface area contributed by atoms with Crippen molar-refractivity contribution in [3.63, 3.8) is 0 Å². The molecule has 176 valence electrons. The van der Waals surface area contributed by atoms with Crippen molar-refractivity contribution in [2.45, 2.75) is 56.4 Å². The fraction of sp³-hybridized carbons (Fsp3) is 0.500. The van der Waals surface area contributed by atoms with E-state index >= 15 is 0 Å². The Hall–Kier alpha value is -1.71. The van der Waals surface area contributed by atoms with Gasteiger partial charge in [-0.1, -0.05) is 43.1 Å².